The van der Waals surface area contributed by atoms with E-state index in [0.717, 1.165) is 11.3 Å². The monoisotopic (exact) mass is 299 g/mol. The van der Waals surface area contributed by atoms with Gasteiger partial charge in [-0.2, -0.15) is 0 Å². The number of halogens is 3. The van der Waals surface area contributed by atoms with E-state index < -0.39 is 0 Å². The number of benzene rings is 2. The third-order valence-corrected chi connectivity index (χ3v) is 3.82. The summed E-state index contributed by atoms with van der Waals surface area (Å²) in [7, 11) is 0. The van der Waals surface area contributed by atoms with E-state index in [2.05, 4.69) is 11.4 Å². The molecule has 18 heavy (non-hydrogen) atoms. The largest absolute Gasteiger partial charge is 0.381 e. The van der Waals surface area contributed by atoms with Crippen molar-refractivity contribution in [2.75, 3.05) is 5.32 Å². The molecule has 0 saturated heterocycles. The van der Waals surface area contributed by atoms with Crippen molar-refractivity contribution in [1.29, 1.82) is 0 Å². The first-order valence-corrected chi connectivity index (χ1v) is 6.64. The van der Waals surface area contributed by atoms with Crippen LogP contribution in [0.25, 0.3) is 0 Å². The number of hydrogen-bond acceptors (Lipinski definition) is 1. The Bertz CT molecular complexity index is 567. The highest BCUT2D eigenvalue weighted by atomic mass is 35.5. The second kappa shape index (κ2) is 5.83. The molecule has 0 fully saturated rings. The van der Waals surface area contributed by atoms with Crippen LogP contribution in [0.5, 0.6) is 0 Å². The Hall–Kier alpha value is -0.890. The average molecular weight is 301 g/mol. The first-order chi connectivity index (χ1) is 8.58. The molecule has 0 amide bonds. The van der Waals surface area contributed by atoms with Crippen molar-refractivity contribution in [3.63, 3.8) is 0 Å². The summed E-state index contributed by atoms with van der Waals surface area (Å²) in [6.45, 7) is 2.59. The molecule has 0 atom stereocenters. The van der Waals surface area contributed by atoms with E-state index in [0.29, 0.717) is 21.6 Å². The van der Waals surface area contributed by atoms with Crippen molar-refractivity contribution in [1.82, 2.24) is 0 Å². The van der Waals surface area contributed by atoms with Gasteiger partial charge >= 0.3 is 0 Å². The van der Waals surface area contributed by atoms with Gasteiger partial charge < -0.3 is 5.32 Å². The quantitative estimate of drug-likeness (QED) is 0.731. The summed E-state index contributed by atoms with van der Waals surface area (Å²) < 4.78 is 0. The maximum absolute atomic E-state index is 6.14. The van der Waals surface area contributed by atoms with Gasteiger partial charge in [0.15, 0.2) is 0 Å². The van der Waals surface area contributed by atoms with Gasteiger partial charge in [-0.05, 0) is 36.8 Å². The molecule has 1 nitrogen and oxygen atoms in total. The zero-order valence-corrected chi connectivity index (χ0v) is 12.1. The van der Waals surface area contributed by atoms with Gasteiger partial charge in [0.05, 0.1) is 10.0 Å². The molecule has 0 spiro atoms. The molecule has 1 N–H and O–H groups in total. The van der Waals surface area contributed by atoms with Crippen molar-refractivity contribution in [3.8, 4) is 0 Å². The molecule has 2 rings (SSSR count). The SMILES string of the molecule is Cc1cccc(NCc2c(Cl)ccc(Cl)c2Cl)c1. The van der Waals surface area contributed by atoms with E-state index in [9.17, 15) is 0 Å². The molecule has 0 aliphatic carbocycles. The third kappa shape index (κ3) is 3.11. The second-order valence-corrected chi connectivity index (χ2v) is 5.24. The first kappa shape index (κ1) is 13.5. The summed E-state index contributed by atoms with van der Waals surface area (Å²) in [4.78, 5) is 0. The molecule has 0 saturated carbocycles. The molecule has 0 aromatic heterocycles. The number of anilines is 1. The average Bonchev–Trinajstić information content (AvgIpc) is 2.34. The summed E-state index contributed by atoms with van der Waals surface area (Å²) in [5.74, 6) is 0. The van der Waals surface area contributed by atoms with Crippen molar-refractivity contribution in [2.24, 2.45) is 0 Å². The fourth-order valence-electron chi connectivity index (χ4n) is 1.68. The summed E-state index contributed by atoms with van der Waals surface area (Å²) in [5.41, 5.74) is 3.04. The predicted octanol–water partition coefficient (Wildman–Crippen LogP) is 5.57. The normalized spacial score (nSPS) is 10.4. The molecule has 0 aliphatic rings. The molecule has 4 heteroatoms. The van der Waals surface area contributed by atoms with Gasteiger partial charge in [-0.15, -0.1) is 0 Å². The van der Waals surface area contributed by atoms with Gasteiger partial charge in [-0.1, -0.05) is 46.9 Å². The minimum Gasteiger partial charge on any atom is -0.381 e. The summed E-state index contributed by atoms with van der Waals surface area (Å²) >= 11 is 18.2. The van der Waals surface area contributed by atoms with Gasteiger partial charge in [-0.25, -0.2) is 0 Å². The van der Waals surface area contributed by atoms with Crippen LogP contribution in [0.4, 0.5) is 5.69 Å². The van der Waals surface area contributed by atoms with Crippen LogP contribution in [0.1, 0.15) is 11.1 Å². The van der Waals surface area contributed by atoms with E-state index in [1.807, 2.05) is 25.1 Å². The fourth-order valence-corrected chi connectivity index (χ4v) is 2.36. The van der Waals surface area contributed by atoms with Gasteiger partial charge in [-0.3, -0.25) is 0 Å². The molecule has 94 valence electrons. The van der Waals surface area contributed by atoms with Gasteiger partial charge in [0.2, 0.25) is 0 Å². The Balaban J connectivity index is 2.18. The zero-order chi connectivity index (χ0) is 13.1. The van der Waals surface area contributed by atoms with Crippen molar-refractivity contribution < 1.29 is 0 Å². The maximum atomic E-state index is 6.14. The lowest BCUT2D eigenvalue weighted by molar-refractivity contribution is 1.15. The number of rotatable bonds is 3. The van der Waals surface area contributed by atoms with Crippen LogP contribution in [-0.2, 0) is 6.54 Å². The first-order valence-electron chi connectivity index (χ1n) is 5.51. The minimum atomic E-state index is 0.504. The molecule has 0 unspecified atom stereocenters. The van der Waals surface area contributed by atoms with E-state index in [-0.39, 0.29) is 0 Å². The second-order valence-electron chi connectivity index (χ2n) is 4.04. The Morgan fingerprint density at radius 2 is 1.72 bits per heavy atom. The molecule has 2 aromatic rings. The van der Waals surface area contributed by atoms with Crippen molar-refractivity contribution in [3.05, 3.63) is 62.6 Å². The Morgan fingerprint density at radius 1 is 1.00 bits per heavy atom. The molecule has 0 radical (unpaired) electrons. The van der Waals surface area contributed by atoms with Crippen LogP contribution in [0.15, 0.2) is 36.4 Å². The van der Waals surface area contributed by atoms with Crippen LogP contribution >= 0.6 is 34.8 Å². The highest BCUT2D eigenvalue weighted by Gasteiger charge is 2.09. The Morgan fingerprint density at radius 3 is 2.44 bits per heavy atom. The van der Waals surface area contributed by atoms with Crippen LogP contribution in [0.2, 0.25) is 15.1 Å². The molecule has 2 aromatic carbocycles. The molecular weight excluding hydrogens is 289 g/mol. The molecular formula is C14H12Cl3N. The minimum absolute atomic E-state index is 0.504. The lowest BCUT2D eigenvalue weighted by atomic mass is 10.2. The molecule has 0 heterocycles. The predicted molar refractivity (Wildman–Crippen MR) is 80.0 cm³/mol. The summed E-state index contributed by atoms with van der Waals surface area (Å²) in [6, 6.07) is 11.6. The third-order valence-electron chi connectivity index (χ3n) is 2.63. The van der Waals surface area contributed by atoms with E-state index in [4.69, 9.17) is 34.8 Å². The lowest BCUT2D eigenvalue weighted by Crippen LogP contribution is -2.01. The van der Waals surface area contributed by atoms with Crippen LogP contribution < -0.4 is 5.32 Å². The van der Waals surface area contributed by atoms with Gasteiger partial charge in [0.25, 0.3) is 0 Å². The Labute approximate surface area is 122 Å². The Kier molecular flexibility index (Phi) is 4.39. The summed E-state index contributed by atoms with van der Waals surface area (Å²) in [5, 5.41) is 4.92. The standard InChI is InChI=1S/C14H12Cl3N/c1-9-3-2-4-10(7-9)18-8-11-12(15)5-6-13(16)14(11)17/h2-7,18H,8H2,1H3. The maximum Gasteiger partial charge on any atom is 0.0657 e. The summed E-state index contributed by atoms with van der Waals surface area (Å²) in [6.07, 6.45) is 0. The zero-order valence-electron chi connectivity index (χ0n) is 9.81. The van der Waals surface area contributed by atoms with Crippen molar-refractivity contribution >= 4 is 40.5 Å². The number of nitrogens with one attached hydrogen (secondary N) is 1. The molecule has 0 aliphatic heterocycles. The van der Waals surface area contributed by atoms with Gasteiger partial charge in [0.1, 0.15) is 0 Å². The molecule has 0 bridgehead atoms. The smallest absolute Gasteiger partial charge is 0.0657 e. The van der Waals surface area contributed by atoms with E-state index >= 15 is 0 Å². The van der Waals surface area contributed by atoms with E-state index in [1.165, 1.54) is 5.56 Å². The highest BCUT2D eigenvalue weighted by molar-refractivity contribution is 6.44. The number of hydrogen-bond donors (Lipinski definition) is 1. The van der Waals surface area contributed by atoms with Crippen LogP contribution in [-0.4, -0.2) is 0 Å². The highest BCUT2D eigenvalue weighted by Crippen LogP contribution is 2.31. The number of aryl methyl sites for hydroxylation is 1. The van der Waals surface area contributed by atoms with Crippen molar-refractivity contribution in [2.45, 2.75) is 13.5 Å². The lowest BCUT2D eigenvalue weighted by Gasteiger charge is -2.11. The topological polar surface area (TPSA) is 12.0 Å². The fraction of sp³-hybridized carbons (Fsp3) is 0.143. The van der Waals surface area contributed by atoms with Crippen LogP contribution in [0, 0.1) is 6.92 Å². The van der Waals surface area contributed by atoms with E-state index in [1.54, 1.807) is 12.1 Å². The van der Waals surface area contributed by atoms with Gasteiger partial charge in [0, 0.05) is 22.8 Å². The van der Waals surface area contributed by atoms with Crippen LogP contribution in [0.3, 0.4) is 0 Å².